The van der Waals surface area contributed by atoms with Gasteiger partial charge in [0.15, 0.2) is 5.03 Å². The van der Waals surface area contributed by atoms with Crippen molar-refractivity contribution >= 4 is 10.0 Å². The molecule has 0 aliphatic rings. The number of nitrogens with one attached hydrogen (secondary N) is 3. The van der Waals surface area contributed by atoms with E-state index in [4.69, 9.17) is 0 Å². The number of H-pyrrole nitrogens is 1. The van der Waals surface area contributed by atoms with Crippen molar-refractivity contribution in [2.45, 2.75) is 38.0 Å². The van der Waals surface area contributed by atoms with Crippen LogP contribution in [0.25, 0.3) is 0 Å². The largest absolute Gasteiger partial charge is 0.390 e. The Labute approximate surface area is 115 Å². The summed E-state index contributed by atoms with van der Waals surface area (Å²) in [6.07, 6.45) is -5.63. The summed E-state index contributed by atoms with van der Waals surface area (Å²) < 4.78 is 61.8. The van der Waals surface area contributed by atoms with Crippen LogP contribution in [0.2, 0.25) is 0 Å². The Hall–Kier alpha value is -1.13. The van der Waals surface area contributed by atoms with Gasteiger partial charge in [0.2, 0.25) is 0 Å². The molecule has 3 N–H and O–H groups in total. The van der Waals surface area contributed by atoms with Crippen LogP contribution < -0.4 is 10.0 Å². The van der Waals surface area contributed by atoms with Crippen molar-refractivity contribution < 1.29 is 21.6 Å². The molecule has 116 valence electrons. The first-order chi connectivity index (χ1) is 9.17. The highest BCUT2D eigenvalue weighted by molar-refractivity contribution is 7.89. The van der Waals surface area contributed by atoms with E-state index in [1.807, 2.05) is 11.6 Å². The van der Waals surface area contributed by atoms with Crippen LogP contribution in [-0.4, -0.2) is 37.9 Å². The first-order valence-electron chi connectivity index (χ1n) is 5.98. The summed E-state index contributed by atoms with van der Waals surface area (Å²) in [6.45, 7) is 3.69. The van der Waals surface area contributed by atoms with Crippen LogP contribution in [0.4, 0.5) is 13.2 Å². The normalized spacial score (nSPS) is 12.8. The molecule has 6 nitrogen and oxygen atoms in total. The number of nitrogens with zero attached hydrogens (tertiary/aromatic N) is 1. The molecule has 0 fully saturated rings. The van der Waals surface area contributed by atoms with Crippen LogP contribution in [0.1, 0.15) is 24.6 Å². The fourth-order valence-electron chi connectivity index (χ4n) is 1.51. The minimum Gasteiger partial charge on any atom is -0.313 e. The number of rotatable bonds is 7. The number of aromatic amines is 1. The second-order valence-electron chi connectivity index (χ2n) is 4.18. The second kappa shape index (κ2) is 6.55. The standard InChI is InChI=1S/C10H17F3N4O2S/c1-3-14-6-8-7(2)16-17-9(8)20(18,19)15-5-4-10(11,12)13/h14-15H,3-6H2,1-2H3,(H,16,17). The topological polar surface area (TPSA) is 86.9 Å². The molecular weight excluding hydrogens is 297 g/mol. The molecule has 0 amide bonds. The van der Waals surface area contributed by atoms with Gasteiger partial charge in [0.05, 0.1) is 6.42 Å². The fraction of sp³-hybridized carbons (Fsp3) is 0.700. The number of aryl methyl sites for hydroxylation is 1. The van der Waals surface area contributed by atoms with Crippen molar-refractivity contribution in [2.24, 2.45) is 0 Å². The van der Waals surface area contributed by atoms with Crippen LogP contribution in [0.15, 0.2) is 5.03 Å². The maximum Gasteiger partial charge on any atom is 0.390 e. The average molecular weight is 314 g/mol. The average Bonchev–Trinajstić information content (AvgIpc) is 2.66. The highest BCUT2D eigenvalue weighted by Crippen LogP contribution is 2.20. The van der Waals surface area contributed by atoms with Crippen molar-refractivity contribution in [1.29, 1.82) is 0 Å². The lowest BCUT2D eigenvalue weighted by Gasteiger charge is -2.09. The van der Waals surface area contributed by atoms with E-state index in [9.17, 15) is 21.6 Å². The molecule has 0 aliphatic heterocycles. The Morgan fingerprint density at radius 3 is 2.55 bits per heavy atom. The van der Waals surface area contributed by atoms with Crippen LogP contribution in [0.3, 0.4) is 0 Å². The molecule has 0 aliphatic carbocycles. The van der Waals surface area contributed by atoms with Crippen molar-refractivity contribution in [1.82, 2.24) is 20.2 Å². The number of aromatic nitrogens is 2. The molecule has 0 saturated carbocycles. The zero-order valence-corrected chi connectivity index (χ0v) is 12.0. The quantitative estimate of drug-likeness (QED) is 0.702. The van der Waals surface area contributed by atoms with Crippen molar-refractivity contribution in [2.75, 3.05) is 13.1 Å². The first kappa shape index (κ1) is 16.9. The third kappa shape index (κ3) is 4.76. The molecule has 0 spiro atoms. The summed E-state index contributed by atoms with van der Waals surface area (Å²) in [5, 5.41) is 8.87. The minimum atomic E-state index is -4.41. The molecule has 1 rings (SSSR count). The van der Waals surface area contributed by atoms with E-state index in [-0.39, 0.29) is 11.6 Å². The van der Waals surface area contributed by atoms with Gasteiger partial charge in [-0.3, -0.25) is 5.10 Å². The third-order valence-corrected chi connectivity index (χ3v) is 3.97. The summed E-state index contributed by atoms with van der Waals surface area (Å²) >= 11 is 0. The summed E-state index contributed by atoms with van der Waals surface area (Å²) in [6, 6.07) is 0. The molecule has 1 aromatic rings. The summed E-state index contributed by atoms with van der Waals surface area (Å²) in [5.41, 5.74) is 0.980. The van der Waals surface area contributed by atoms with Gasteiger partial charge >= 0.3 is 6.18 Å². The second-order valence-corrected chi connectivity index (χ2v) is 5.86. The number of halogens is 3. The Balaban J connectivity index is 2.82. The van der Waals surface area contributed by atoms with E-state index < -0.39 is 29.2 Å². The third-order valence-electron chi connectivity index (χ3n) is 2.54. The van der Waals surface area contributed by atoms with Crippen LogP contribution in [0.5, 0.6) is 0 Å². The van der Waals surface area contributed by atoms with E-state index in [2.05, 4.69) is 15.5 Å². The van der Waals surface area contributed by atoms with Gasteiger partial charge in [-0.2, -0.15) is 18.3 Å². The number of hydrogen-bond acceptors (Lipinski definition) is 4. The number of alkyl halides is 3. The Kier molecular flexibility index (Phi) is 5.54. The van der Waals surface area contributed by atoms with Gasteiger partial charge < -0.3 is 5.32 Å². The molecule has 1 heterocycles. The molecule has 1 aromatic heterocycles. The molecule has 0 atom stereocenters. The van der Waals surface area contributed by atoms with Crippen molar-refractivity contribution in [3.63, 3.8) is 0 Å². The molecular formula is C10H17F3N4O2S. The maximum absolute atomic E-state index is 12.0. The SMILES string of the molecule is CCNCc1c(S(=O)(=O)NCCC(F)(F)F)n[nH]c1C. The lowest BCUT2D eigenvalue weighted by Crippen LogP contribution is -2.29. The highest BCUT2D eigenvalue weighted by Gasteiger charge is 2.29. The van der Waals surface area contributed by atoms with E-state index in [1.165, 1.54) is 0 Å². The van der Waals surface area contributed by atoms with Gasteiger partial charge in [-0.05, 0) is 13.5 Å². The van der Waals surface area contributed by atoms with Crippen LogP contribution >= 0.6 is 0 Å². The molecule has 0 radical (unpaired) electrons. The van der Waals surface area contributed by atoms with E-state index in [0.717, 1.165) is 0 Å². The van der Waals surface area contributed by atoms with E-state index >= 15 is 0 Å². The fourth-order valence-corrected chi connectivity index (χ4v) is 2.73. The Morgan fingerprint density at radius 2 is 2.00 bits per heavy atom. The van der Waals surface area contributed by atoms with Crippen LogP contribution in [-0.2, 0) is 16.6 Å². The predicted octanol–water partition coefficient (Wildman–Crippen LogP) is 1.06. The summed E-state index contributed by atoms with van der Waals surface area (Å²) in [4.78, 5) is 0. The van der Waals surface area contributed by atoms with E-state index in [1.54, 1.807) is 6.92 Å². The molecule has 0 aromatic carbocycles. The van der Waals surface area contributed by atoms with Crippen molar-refractivity contribution in [3.05, 3.63) is 11.3 Å². The summed E-state index contributed by atoms with van der Waals surface area (Å²) in [5.74, 6) is 0. The summed E-state index contributed by atoms with van der Waals surface area (Å²) in [7, 11) is -4.06. The van der Waals surface area contributed by atoms with Crippen molar-refractivity contribution in [3.8, 4) is 0 Å². The molecule has 0 saturated heterocycles. The molecule has 20 heavy (non-hydrogen) atoms. The van der Waals surface area contributed by atoms with Crippen LogP contribution in [0, 0.1) is 6.92 Å². The lowest BCUT2D eigenvalue weighted by atomic mass is 10.2. The van der Waals surface area contributed by atoms with Gasteiger partial charge in [0.1, 0.15) is 0 Å². The predicted molar refractivity (Wildman–Crippen MR) is 66.6 cm³/mol. The zero-order valence-electron chi connectivity index (χ0n) is 11.1. The van der Waals surface area contributed by atoms with E-state index in [0.29, 0.717) is 17.8 Å². The molecule has 10 heteroatoms. The van der Waals surface area contributed by atoms with Gasteiger partial charge in [-0.1, -0.05) is 6.92 Å². The lowest BCUT2D eigenvalue weighted by molar-refractivity contribution is -0.132. The number of hydrogen-bond donors (Lipinski definition) is 3. The van der Waals surface area contributed by atoms with Gasteiger partial charge in [-0.15, -0.1) is 0 Å². The zero-order chi connectivity index (χ0) is 15.4. The van der Waals surface area contributed by atoms with Gasteiger partial charge in [-0.25, -0.2) is 13.1 Å². The monoisotopic (exact) mass is 314 g/mol. The van der Waals surface area contributed by atoms with Gasteiger partial charge in [0.25, 0.3) is 10.0 Å². The highest BCUT2D eigenvalue weighted by atomic mass is 32.2. The minimum absolute atomic E-state index is 0.266. The molecule has 0 bridgehead atoms. The number of sulfonamides is 1. The first-order valence-corrected chi connectivity index (χ1v) is 7.46. The maximum atomic E-state index is 12.0. The van der Waals surface area contributed by atoms with Gasteiger partial charge in [0, 0.05) is 24.3 Å². The Morgan fingerprint density at radius 1 is 1.35 bits per heavy atom. The smallest absolute Gasteiger partial charge is 0.313 e. The Bertz CT molecular complexity index is 539. The molecule has 0 unspecified atom stereocenters.